The molecule has 1 unspecified atom stereocenters. The van der Waals surface area contributed by atoms with E-state index in [0.29, 0.717) is 18.0 Å². The molecule has 2 saturated carbocycles. The number of benzene rings is 2. The number of hydrogen-bond donors (Lipinski definition) is 4. The first kappa shape index (κ1) is 21.5. The van der Waals surface area contributed by atoms with E-state index in [2.05, 4.69) is 74.6 Å². The summed E-state index contributed by atoms with van der Waals surface area (Å²) in [6.07, 6.45) is 9.07. The maximum Gasteiger partial charge on any atom is 0.127 e. The minimum Gasteiger partial charge on any atom is -0.344 e. The number of nitrogens with one attached hydrogen (secondary N) is 4. The molecule has 2 aromatic heterocycles. The Morgan fingerprint density at radius 1 is 0.816 bits per heavy atom. The number of nitrogens with zero attached hydrogens (tertiary/aromatic N) is 2. The zero-order valence-corrected chi connectivity index (χ0v) is 21.4. The third-order valence-electron chi connectivity index (χ3n) is 9.65. The maximum atomic E-state index is 5.14. The molecule has 0 amide bonds. The van der Waals surface area contributed by atoms with E-state index in [1.165, 1.54) is 58.5 Å². The van der Waals surface area contributed by atoms with Crippen LogP contribution in [0.3, 0.4) is 0 Å². The Kier molecular flexibility index (Phi) is 4.39. The minimum absolute atomic E-state index is 0.164. The van der Waals surface area contributed by atoms with Crippen LogP contribution in [-0.2, 0) is 12.8 Å². The third kappa shape index (κ3) is 3.33. The van der Waals surface area contributed by atoms with Crippen LogP contribution in [0.4, 0.5) is 0 Å². The first-order valence-corrected chi connectivity index (χ1v) is 14.3. The van der Waals surface area contributed by atoms with Crippen LogP contribution in [0.25, 0.3) is 33.6 Å². The summed E-state index contributed by atoms with van der Waals surface area (Å²) in [7, 11) is 0. The van der Waals surface area contributed by atoms with E-state index >= 15 is 0 Å². The van der Waals surface area contributed by atoms with Crippen molar-refractivity contribution in [1.82, 2.24) is 30.6 Å². The number of aryl methyl sites for hydroxylation is 2. The van der Waals surface area contributed by atoms with Gasteiger partial charge in [0.2, 0.25) is 0 Å². The quantitative estimate of drug-likeness (QED) is 0.274. The number of hydrogen-bond acceptors (Lipinski definition) is 4. The highest BCUT2D eigenvalue weighted by molar-refractivity contribution is 5.75. The fraction of sp³-hybridized carbons (Fsp3) is 0.375. The van der Waals surface area contributed by atoms with Gasteiger partial charge in [-0.3, -0.25) is 0 Å². The molecule has 6 nitrogen and oxygen atoms in total. The second-order valence-electron chi connectivity index (χ2n) is 12.1. The highest BCUT2D eigenvalue weighted by atomic mass is 15.1. The Balaban J connectivity index is 0.974. The van der Waals surface area contributed by atoms with Crippen LogP contribution in [0.5, 0.6) is 0 Å². The van der Waals surface area contributed by atoms with Gasteiger partial charge in [0.25, 0.3) is 0 Å². The van der Waals surface area contributed by atoms with Crippen molar-refractivity contribution in [2.75, 3.05) is 0 Å². The Morgan fingerprint density at radius 3 is 2.50 bits per heavy atom. The molecule has 0 spiro atoms. The predicted octanol–water partition coefficient (Wildman–Crippen LogP) is 5.63. The van der Waals surface area contributed by atoms with Gasteiger partial charge in [0.15, 0.2) is 0 Å². The van der Waals surface area contributed by atoms with E-state index in [4.69, 9.17) is 4.98 Å². The molecule has 0 bridgehead atoms. The summed E-state index contributed by atoms with van der Waals surface area (Å²) in [5, 5.41) is 7.39. The molecule has 6 heteroatoms. The molecule has 38 heavy (non-hydrogen) atoms. The van der Waals surface area contributed by atoms with Crippen LogP contribution in [0.1, 0.15) is 60.7 Å². The summed E-state index contributed by atoms with van der Waals surface area (Å²) in [6.45, 7) is 4.30. The van der Waals surface area contributed by atoms with Gasteiger partial charge < -0.3 is 20.6 Å². The van der Waals surface area contributed by atoms with Crippen molar-refractivity contribution >= 4 is 0 Å². The topological polar surface area (TPSA) is 81.4 Å². The Hall–Kier alpha value is -3.48. The molecule has 4 fully saturated rings. The van der Waals surface area contributed by atoms with Crippen LogP contribution in [0, 0.1) is 11.8 Å². The zero-order valence-electron chi connectivity index (χ0n) is 21.4. The van der Waals surface area contributed by atoms with Gasteiger partial charge in [0.1, 0.15) is 11.6 Å². The van der Waals surface area contributed by atoms with Crippen LogP contribution >= 0.6 is 0 Å². The molecule has 2 saturated heterocycles. The highest BCUT2D eigenvalue weighted by Gasteiger charge is 2.50. The van der Waals surface area contributed by atoms with Crippen LogP contribution < -0.4 is 10.6 Å². The lowest BCUT2D eigenvalue weighted by Gasteiger charge is -2.12. The number of rotatable bonds is 4. The SMILES string of the molecule is C=C1C2C[C@H]2N[C@@H]1c1ncc(-c2ccc(-c3ccc4c(c3)CCCc3[nH]c([C@@H]5C[C@H]6C[C@H]6N5)nc3-4)cc2)[nH]1. The fourth-order valence-electron chi connectivity index (χ4n) is 7.25. The summed E-state index contributed by atoms with van der Waals surface area (Å²) in [5.74, 6) is 3.64. The lowest BCUT2D eigenvalue weighted by atomic mass is 9.95. The van der Waals surface area contributed by atoms with Gasteiger partial charge >= 0.3 is 0 Å². The molecule has 3 aliphatic carbocycles. The lowest BCUT2D eigenvalue weighted by Crippen LogP contribution is -2.19. The average molecular weight is 501 g/mol. The second kappa shape index (κ2) is 7.78. The van der Waals surface area contributed by atoms with Gasteiger partial charge in [0.05, 0.1) is 29.7 Å². The van der Waals surface area contributed by atoms with Crippen LogP contribution in [0.2, 0.25) is 0 Å². The van der Waals surface area contributed by atoms with Gasteiger partial charge in [-0.1, -0.05) is 49.0 Å². The van der Waals surface area contributed by atoms with E-state index in [1.54, 1.807) is 0 Å². The summed E-state index contributed by atoms with van der Waals surface area (Å²) in [6, 6.07) is 17.7. The lowest BCUT2D eigenvalue weighted by molar-refractivity contribution is 0.542. The molecule has 0 radical (unpaired) electrons. The number of aromatic nitrogens is 4. The molecule has 6 atom stereocenters. The Labute approximate surface area is 222 Å². The van der Waals surface area contributed by atoms with Gasteiger partial charge in [-0.15, -0.1) is 0 Å². The van der Waals surface area contributed by atoms with E-state index < -0.39 is 0 Å². The molecular weight excluding hydrogens is 468 g/mol. The largest absolute Gasteiger partial charge is 0.344 e. The summed E-state index contributed by atoms with van der Waals surface area (Å²) in [5.41, 5.74) is 11.2. The van der Waals surface area contributed by atoms with Gasteiger partial charge in [-0.05, 0) is 78.2 Å². The van der Waals surface area contributed by atoms with Crippen molar-refractivity contribution in [3.8, 4) is 33.6 Å². The van der Waals surface area contributed by atoms with E-state index in [1.807, 2.05) is 6.20 Å². The fourth-order valence-corrected chi connectivity index (χ4v) is 7.25. The summed E-state index contributed by atoms with van der Waals surface area (Å²) in [4.78, 5) is 17.1. The van der Waals surface area contributed by atoms with Crippen molar-refractivity contribution in [2.45, 2.75) is 62.7 Å². The van der Waals surface area contributed by atoms with Gasteiger partial charge in [-0.25, -0.2) is 9.97 Å². The molecular formula is C32H32N6. The molecule has 9 rings (SSSR count). The number of piperidine rings is 2. The number of aromatic amines is 2. The number of H-pyrrole nitrogens is 2. The van der Waals surface area contributed by atoms with Crippen molar-refractivity contribution in [2.24, 2.45) is 11.8 Å². The monoisotopic (exact) mass is 500 g/mol. The molecule has 2 aliphatic heterocycles. The van der Waals surface area contributed by atoms with E-state index in [-0.39, 0.29) is 6.04 Å². The molecule has 190 valence electrons. The van der Waals surface area contributed by atoms with Crippen LogP contribution in [-0.4, -0.2) is 32.0 Å². The van der Waals surface area contributed by atoms with Crippen molar-refractivity contribution in [3.63, 3.8) is 0 Å². The van der Waals surface area contributed by atoms with Crippen molar-refractivity contribution in [3.05, 3.63) is 83.7 Å². The van der Waals surface area contributed by atoms with Gasteiger partial charge in [0, 0.05) is 23.3 Å². The third-order valence-corrected chi connectivity index (χ3v) is 9.65. The first-order valence-electron chi connectivity index (χ1n) is 14.3. The minimum atomic E-state index is 0.164. The summed E-state index contributed by atoms with van der Waals surface area (Å²) < 4.78 is 0. The molecule has 4 heterocycles. The van der Waals surface area contributed by atoms with Gasteiger partial charge in [-0.2, -0.15) is 0 Å². The standard InChI is InChI=1S/C32H32N6/c1-16-23-14-26(23)35-29(16)32-33-15-28(37-32)18-7-5-17(6-8-18)19-9-10-22-20(11-19)3-2-4-24-30(22)38-31(36-24)27-13-21-12-25(21)34-27/h5-11,15,21,23,25-27,29,34-35H,1-4,12-14H2,(H,33,37)(H,36,38)/t21-,23?,25-,26-,27+,29+/m1/s1. The van der Waals surface area contributed by atoms with E-state index in [0.717, 1.165) is 54.1 Å². The van der Waals surface area contributed by atoms with Crippen molar-refractivity contribution in [1.29, 1.82) is 0 Å². The normalized spacial score (nSPS) is 30.4. The van der Waals surface area contributed by atoms with Crippen molar-refractivity contribution < 1.29 is 0 Å². The Bertz CT molecular complexity index is 1580. The molecule has 4 aromatic rings. The average Bonchev–Trinajstić information content (AvgIpc) is 3.61. The number of imidazole rings is 2. The highest BCUT2D eigenvalue weighted by Crippen LogP contribution is 2.49. The first-order chi connectivity index (χ1) is 18.7. The van der Waals surface area contributed by atoms with Crippen LogP contribution in [0.15, 0.2) is 60.8 Å². The zero-order chi connectivity index (χ0) is 25.0. The molecule has 2 aromatic carbocycles. The Morgan fingerprint density at radius 2 is 1.68 bits per heavy atom. The maximum absolute atomic E-state index is 5.14. The smallest absolute Gasteiger partial charge is 0.127 e. The number of fused-ring (bicyclic) bond motifs is 5. The second-order valence-corrected chi connectivity index (χ2v) is 12.1. The molecule has 5 aliphatic rings. The van der Waals surface area contributed by atoms with E-state index in [9.17, 15) is 0 Å². The predicted molar refractivity (Wildman–Crippen MR) is 148 cm³/mol. The molecule has 4 N–H and O–H groups in total. The summed E-state index contributed by atoms with van der Waals surface area (Å²) >= 11 is 0.